The van der Waals surface area contributed by atoms with Crippen LogP contribution in [0.5, 0.6) is 5.75 Å². The lowest BCUT2D eigenvalue weighted by Crippen LogP contribution is -2.55. The molecular weight excluding hydrogens is 556 g/mol. The molecule has 0 bridgehead atoms. The summed E-state index contributed by atoms with van der Waals surface area (Å²) in [6.07, 6.45) is 0.390. The Hall–Kier alpha value is -3.15. The number of halogens is 1. The van der Waals surface area contributed by atoms with Crippen molar-refractivity contribution in [1.82, 2.24) is 0 Å². The first-order chi connectivity index (χ1) is 21.0. The topological polar surface area (TPSA) is 47.9 Å². The first-order valence-electron chi connectivity index (χ1n) is 15.5. The summed E-state index contributed by atoms with van der Waals surface area (Å²) in [6, 6.07) is 34.8. The normalized spacial score (nSPS) is 23.7. The number of aliphatic hydroxyl groups excluding tert-OH is 1. The van der Waals surface area contributed by atoms with Crippen LogP contribution in [0.15, 0.2) is 103 Å². The number of hydrogen-bond donors (Lipinski definition) is 1. The van der Waals surface area contributed by atoms with E-state index in [-0.39, 0.29) is 30.0 Å². The second-order valence-electron chi connectivity index (χ2n) is 11.6. The van der Waals surface area contributed by atoms with Gasteiger partial charge in [-0.2, -0.15) is 0 Å². The van der Waals surface area contributed by atoms with Crippen LogP contribution >= 0.6 is 11.6 Å². The number of hydrogen-bond acceptors (Lipinski definition) is 4. The first kappa shape index (κ1) is 31.3. The van der Waals surface area contributed by atoms with E-state index in [2.05, 4.69) is 56.3 Å². The quantitative estimate of drug-likeness (QED) is 0.177. The Morgan fingerprint density at radius 3 is 1.91 bits per heavy atom. The summed E-state index contributed by atoms with van der Waals surface area (Å²) >= 11 is 6.76. The van der Waals surface area contributed by atoms with Crippen molar-refractivity contribution in [2.45, 2.75) is 71.1 Å². The summed E-state index contributed by atoms with van der Waals surface area (Å²) < 4.78 is 19.1. The molecule has 0 aliphatic heterocycles. The standard InChI is InChI=1S/C38H43ClO4/c1-4-33-26(3)37(42-24-28-12-8-6-9-13-28)38(43-25-29-14-10-7-11-15-29)35(36(33)40)30-18-21-34(39)31(23-30)22-27-16-19-32(20-17-27)41-5-2/h6-21,23,26,33,35-38,40H,4-5,22,24-25H2,1-3H3/t26-,33-,35-,36+,37+,38+/m1/s1. The molecule has 1 aliphatic rings. The second-order valence-corrected chi connectivity index (χ2v) is 12.0. The maximum Gasteiger partial charge on any atom is 0.119 e. The van der Waals surface area contributed by atoms with Crippen molar-refractivity contribution in [3.05, 3.63) is 136 Å². The van der Waals surface area contributed by atoms with Gasteiger partial charge in [0, 0.05) is 10.9 Å². The molecule has 4 nitrogen and oxygen atoms in total. The van der Waals surface area contributed by atoms with Gasteiger partial charge in [0.15, 0.2) is 0 Å². The Morgan fingerprint density at radius 1 is 0.721 bits per heavy atom. The molecule has 0 heterocycles. The fourth-order valence-corrected chi connectivity index (χ4v) is 6.71. The van der Waals surface area contributed by atoms with E-state index in [0.29, 0.717) is 31.3 Å². The van der Waals surface area contributed by atoms with Crippen LogP contribution in [0, 0.1) is 11.8 Å². The third-order valence-electron chi connectivity index (χ3n) is 8.80. The van der Waals surface area contributed by atoms with E-state index in [4.69, 9.17) is 25.8 Å². The molecule has 4 aromatic carbocycles. The molecule has 0 radical (unpaired) electrons. The molecule has 4 aromatic rings. The van der Waals surface area contributed by atoms with Crippen molar-refractivity contribution in [2.75, 3.05) is 6.61 Å². The number of aliphatic hydroxyl groups is 1. The van der Waals surface area contributed by atoms with E-state index in [1.807, 2.05) is 67.6 Å². The smallest absolute Gasteiger partial charge is 0.119 e. The predicted octanol–water partition coefficient (Wildman–Crippen LogP) is 8.62. The van der Waals surface area contributed by atoms with Crippen molar-refractivity contribution in [1.29, 1.82) is 0 Å². The van der Waals surface area contributed by atoms with E-state index in [1.165, 1.54) is 0 Å². The van der Waals surface area contributed by atoms with Crippen molar-refractivity contribution >= 4 is 11.6 Å². The van der Waals surface area contributed by atoms with Crippen LogP contribution in [0.1, 0.15) is 60.9 Å². The van der Waals surface area contributed by atoms with E-state index < -0.39 is 6.10 Å². The summed E-state index contributed by atoms with van der Waals surface area (Å²) in [5.74, 6) is 0.752. The highest BCUT2D eigenvalue weighted by Crippen LogP contribution is 2.45. The third-order valence-corrected chi connectivity index (χ3v) is 9.17. The molecule has 0 unspecified atom stereocenters. The number of benzene rings is 4. The highest BCUT2D eigenvalue weighted by atomic mass is 35.5. The lowest BCUT2D eigenvalue weighted by atomic mass is 9.66. The maximum absolute atomic E-state index is 12.0. The van der Waals surface area contributed by atoms with Gasteiger partial charge >= 0.3 is 0 Å². The van der Waals surface area contributed by atoms with Gasteiger partial charge in [-0.05, 0) is 71.2 Å². The van der Waals surface area contributed by atoms with Crippen molar-refractivity contribution in [3.8, 4) is 5.75 Å². The van der Waals surface area contributed by atoms with Gasteiger partial charge in [0.2, 0.25) is 0 Å². The van der Waals surface area contributed by atoms with Crippen LogP contribution in [0.25, 0.3) is 0 Å². The Bertz CT molecular complexity index is 1410. The minimum atomic E-state index is -0.586. The minimum absolute atomic E-state index is 0.0626. The number of ether oxygens (including phenoxy) is 3. The lowest BCUT2D eigenvalue weighted by Gasteiger charge is -2.49. The molecule has 226 valence electrons. The molecule has 43 heavy (non-hydrogen) atoms. The predicted molar refractivity (Wildman–Crippen MR) is 174 cm³/mol. The zero-order valence-electron chi connectivity index (χ0n) is 25.4. The monoisotopic (exact) mass is 598 g/mol. The Balaban J connectivity index is 1.48. The summed E-state index contributed by atoms with van der Waals surface area (Å²) in [7, 11) is 0. The number of rotatable bonds is 12. The second kappa shape index (κ2) is 15.0. The fraction of sp³-hybridized carbons (Fsp3) is 0.368. The molecule has 0 aromatic heterocycles. The average molecular weight is 599 g/mol. The van der Waals surface area contributed by atoms with Crippen LogP contribution < -0.4 is 4.74 Å². The zero-order valence-corrected chi connectivity index (χ0v) is 26.1. The molecule has 0 spiro atoms. The summed E-state index contributed by atoms with van der Waals surface area (Å²) in [6.45, 7) is 7.90. The van der Waals surface area contributed by atoms with Gasteiger partial charge in [0.05, 0.1) is 38.1 Å². The summed E-state index contributed by atoms with van der Waals surface area (Å²) in [5, 5.41) is 12.7. The summed E-state index contributed by atoms with van der Waals surface area (Å²) in [4.78, 5) is 0. The Kier molecular flexibility index (Phi) is 10.9. The highest BCUT2D eigenvalue weighted by molar-refractivity contribution is 6.31. The van der Waals surface area contributed by atoms with E-state index in [9.17, 15) is 5.11 Å². The minimum Gasteiger partial charge on any atom is -0.494 e. The van der Waals surface area contributed by atoms with Crippen LogP contribution in [0.2, 0.25) is 5.02 Å². The molecule has 5 heteroatoms. The van der Waals surface area contributed by atoms with Gasteiger partial charge in [-0.15, -0.1) is 0 Å². The molecule has 6 atom stereocenters. The van der Waals surface area contributed by atoms with Gasteiger partial charge in [-0.3, -0.25) is 0 Å². The first-order valence-corrected chi connectivity index (χ1v) is 15.9. The largest absolute Gasteiger partial charge is 0.494 e. The molecule has 0 saturated heterocycles. The third kappa shape index (κ3) is 7.69. The molecular formula is C38H43ClO4. The van der Waals surface area contributed by atoms with Gasteiger partial charge < -0.3 is 19.3 Å². The van der Waals surface area contributed by atoms with Gasteiger partial charge in [-0.1, -0.05) is 117 Å². The highest BCUT2D eigenvalue weighted by Gasteiger charge is 2.49. The molecule has 1 aliphatic carbocycles. The SMILES string of the molecule is CCOc1ccc(Cc2cc([C@@H]3[C@@H](O)[C@H](CC)[C@@H](C)[C@H](OCc4ccccc4)[C@H]3OCc3ccccc3)ccc2Cl)cc1. The molecule has 1 N–H and O–H groups in total. The van der Waals surface area contributed by atoms with Crippen LogP contribution in [-0.4, -0.2) is 30.0 Å². The van der Waals surface area contributed by atoms with Crippen LogP contribution in [-0.2, 0) is 29.1 Å². The maximum atomic E-state index is 12.0. The summed E-state index contributed by atoms with van der Waals surface area (Å²) in [5.41, 5.74) is 5.40. The van der Waals surface area contributed by atoms with Crippen LogP contribution in [0.4, 0.5) is 0 Å². The van der Waals surface area contributed by atoms with Crippen molar-refractivity contribution in [3.63, 3.8) is 0 Å². The fourth-order valence-electron chi connectivity index (χ4n) is 6.53. The zero-order chi connectivity index (χ0) is 30.2. The molecule has 1 saturated carbocycles. The van der Waals surface area contributed by atoms with Gasteiger partial charge in [0.25, 0.3) is 0 Å². The van der Waals surface area contributed by atoms with E-state index in [0.717, 1.165) is 40.0 Å². The molecule has 1 fully saturated rings. The van der Waals surface area contributed by atoms with E-state index in [1.54, 1.807) is 0 Å². The average Bonchev–Trinajstić information content (AvgIpc) is 3.03. The van der Waals surface area contributed by atoms with Crippen LogP contribution in [0.3, 0.4) is 0 Å². The Morgan fingerprint density at radius 2 is 1.33 bits per heavy atom. The van der Waals surface area contributed by atoms with E-state index >= 15 is 0 Å². The van der Waals surface area contributed by atoms with Gasteiger partial charge in [0.1, 0.15) is 5.75 Å². The lowest BCUT2D eigenvalue weighted by molar-refractivity contribution is -0.178. The van der Waals surface area contributed by atoms with Crippen molar-refractivity contribution < 1.29 is 19.3 Å². The Labute approximate surface area is 261 Å². The van der Waals surface area contributed by atoms with Gasteiger partial charge in [-0.25, -0.2) is 0 Å². The van der Waals surface area contributed by atoms with Crippen molar-refractivity contribution in [2.24, 2.45) is 11.8 Å². The molecule has 0 amide bonds. The molecule has 5 rings (SSSR count).